The van der Waals surface area contributed by atoms with Crippen LogP contribution in [0.25, 0.3) is 0 Å². The molecule has 0 amide bonds. The van der Waals surface area contributed by atoms with Crippen LogP contribution in [0.15, 0.2) is 11.4 Å². The smallest absolute Gasteiger partial charge is 0.313 e. The largest absolute Gasteiger partial charge is 0.481 e. The molecule has 2 heterocycles. The first-order valence-corrected chi connectivity index (χ1v) is 8.21. The van der Waals surface area contributed by atoms with Gasteiger partial charge in [-0.05, 0) is 32.7 Å². The molecule has 0 aromatic carbocycles. The number of hydrogen-bond donors (Lipinski definition) is 1. The van der Waals surface area contributed by atoms with E-state index in [4.69, 9.17) is 5.11 Å². The van der Waals surface area contributed by atoms with Crippen molar-refractivity contribution < 1.29 is 9.90 Å². The maximum Gasteiger partial charge on any atom is 0.313 e. The third kappa shape index (κ3) is 3.76. The number of thioether (sulfide) groups is 1. The van der Waals surface area contributed by atoms with Crippen LogP contribution in [0, 0.1) is 6.92 Å². The van der Waals surface area contributed by atoms with Gasteiger partial charge < -0.3 is 14.6 Å². The Hall–Kier alpha value is -1.01. The van der Waals surface area contributed by atoms with Gasteiger partial charge in [-0.1, -0.05) is 18.7 Å². The first kappa shape index (κ1) is 15.4. The van der Waals surface area contributed by atoms with E-state index >= 15 is 0 Å². The second kappa shape index (κ2) is 7.13. The van der Waals surface area contributed by atoms with Crippen LogP contribution in [0.2, 0.25) is 0 Å². The number of carboxylic acid groups (broad SMARTS) is 1. The minimum atomic E-state index is -0.792. The van der Waals surface area contributed by atoms with E-state index in [-0.39, 0.29) is 5.75 Å². The van der Waals surface area contributed by atoms with Crippen molar-refractivity contribution in [1.29, 1.82) is 0 Å². The average Bonchev–Trinajstić information content (AvgIpc) is 2.79. The van der Waals surface area contributed by atoms with Crippen LogP contribution in [0.5, 0.6) is 0 Å². The molecule has 6 heteroatoms. The Labute approximate surface area is 124 Å². The summed E-state index contributed by atoms with van der Waals surface area (Å²) in [5.74, 6) is -0.717. The summed E-state index contributed by atoms with van der Waals surface area (Å²) in [5.41, 5.74) is 1.13. The van der Waals surface area contributed by atoms with Crippen LogP contribution in [-0.4, -0.2) is 50.9 Å². The van der Waals surface area contributed by atoms with E-state index in [2.05, 4.69) is 28.3 Å². The number of rotatable bonds is 6. The van der Waals surface area contributed by atoms with Crippen molar-refractivity contribution in [2.45, 2.75) is 44.3 Å². The predicted octanol–water partition coefficient (Wildman–Crippen LogP) is 2.42. The lowest BCUT2D eigenvalue weighted by atomic mass is 10.0. The SMILES string of the molecule is CCCN1CCC(n2c(C)cnc2SCC(=O)O)CC1. The van der Waals surface area contributed by atoms with E-state index in [1.165, 1.54) is 24.7 Å². The van der Waals surface area contributed by atoms with Crippen LogP contribution < -0.4 is 0 Å². The summed E-state index contributed by atoms with van der Waals surface area (Å²) in [7, 11) is 0. The highest BCUT2D eigenvalue weighted by molar-refractivity contribution is 7.99. The number of carbonyl (C=O) groups is 1. The highest BCUT2D eigenvalue weighted by atomic mass is 32.2. The molecule has 1 aliphatic heterocycles. The molecule has 1 N–H and O–H groups in total. The third-order valence-electron chi connectivity index (χ3n) is 3.73. The van der Waals surface area contributed by atoms with Gasteiger partial charge in [0.25, 0.3) is 0 Å². The van der Waals surface area contributed by atoms with Crippen molar-refractivity contribution >= 4 is 17.7 Å². The first-order valence-electron chi connectivity index (χ1n) is 7.22. The first-order chi connectivity index (χ1) is 9.61. The van der Waals surface area contributed by atoms with Crippen molar-refractivity contribution in [3.05, 3.63) is 11.9 Å². The number of carboxylic acids is 1. The second-order valence-corrected chi connectivity index (χ2v) is 6.25. The Balaban J connectivity index is 2.01. The van der Waals surface area contributed by atoms with E-state index in [1.54, 1.807) is 0 Å². The molecule has 0 saturated carbocycles. The number of hydrogen-bond acceptors (Lipinski definition) is 4. The lowest BCUT2D eigenvalue weighted by Crippen LogP contribution is -2.35. The molecule has 5 nitrogen and oxygen atoms in total. The van der Waals surface area contributed by atoms with E-state index in [9.17, 15) is 4.79 Å². The van der Waals surface area contributed by atoms with E-state index in [1.807, 2.05) is 6.20 Å². The van der Waals surface area contributed by atoms with Gasteiger partial charge >= 0.3 is 5.97 Å². The molecule has 0 spiro atoms. The molecule has 0 bridgehead atoms. The van der Waals surface area contributed by atoms with Crippen LogP contribution in [-0.2, 0) is 4.79 Å². The molecule has 20 heavy (non-hydrogen) atoms. The summed E-state index contributed by atoms with van der Waals surface area (Å²) in [6, 6.07) is 0.460. The Morgan fingerprint density at radius 3 is 2.80 bits per heavy atom. The number of aliphatic carboxylic acids is 1. The van der Waals surface area contributed by atoms with E-state index in [0.717, 1.165) is 36.8 Å². The summed E-state index contributed by atoms with van der Waals surface area (Å²) in [4.78, 5) is 17.6. The van der Waals surface area contributed by atoms with Gasteiger partial charge in [-0.3, -0.25) is 4.79 Å². The average molecular weight is 297 g/mol. The van der Waals surface area contributed by atoms with Gasteiger partial charge in [-0.2, -0.15) is 0 Å². The number of likely N-dealkylation sites (tertiary alicyclic amines) is 1. The quantitative estimate of drug-likeness (QED) is 0.817. The number of piperidine rings is 1. The van der Waals surface area contributed by atoms with Gasteiger partial charge in [-0.25, -0.2) is 4.98 Å². The Morgan fingerprint density at radius 1 is 1.50 bits per heavy atom. The minimum Gasteiger partial charge on any atom is -0.481 e. The molecule has 2 rings (SSSR count). The zero-order valence-electron chi connectivity index (χ0n) is 12.2. The van der Waals surface area contributed by atoms with Gasteiger partial charge in [-0.15, -0.1) is 0 Å². The molecule has 112 valence electrons. The van der Waals surface area contributed by atoms with Crippen LogP contribution >= 0.6 is 11.8 Å². The van der Waals surface area contributed by atoms with Crippen LogP contribution in [0.1, 0.15) is 37.9 Å². The fourth-order valence-corrected chi connectivity index (χ4v) is 3.63. The lowest BCUT2D eigenvalue weighted by molar-refractivity contribution is -0.133. The summed E-state index contributed by atoms with van der Waals surface area (Å²) in [5, 5.41) is 9.66. The molecule has 1 fully saturated rings. The summed E-state index contributed by atoms with van der Waals surface area (Å²) >= 11 is 1.32. The van der Waals surface area contributed by atoms with Gasteiger partial charge in [0.2, 0.25) is 0 Å². The molecule has 1 aromatic heterocycles. The summed E-state index contributed by atoms with van der Waals surface area (Å²) in [6.07, 6.45) is 5.30. The van der Waals surface area contributed by atoms with Crippen molar-refractivity contribution in [2.75, 3.05) is 25.4 Å². The summed E-state index contributed by atoms with van der Waals surface area (Å²) < 4.78 is 2.23. The van der Waals surface area contributed by atoms with Gasteiger partial charge in [0, 0.05) is 31.0 Å². The normalized spacial score (nSPS) is 17.5. The van der Waals surface area contributed by atoms with Crippen LogP contribution in [0.3, 0.4) is 0 Å². The molecule has 1 aliphatic rings. The van der Waals surface area contributed by atoms with Gasteiger partial charge in [0.15, 0.2) is 5.16 Å². The third-order valence-corrected chi connectivity index (χ3v) is 4.69. The number of aromatic nitrogens is 2. The van der Waals surface area contributed by atoms with Crippen LogP contribution in [0.4, 0.5) is 0 Å². The Kier molecular flexibility index (Phi) is 5.48. The van der Waals surface area contributed by atoms with E-state index in [0.29, 0.717) is 6.04 Å². The molecular formula is C14H23N3O2S. The second-order valence-electron chi connectivity index (χ2n) is 5.31. The fraction of sp³-hybridized carbons (Fsp3) is 0.714. The molecule has 1 saturated heterocycles. The lowest BCUT2D eigenvalue weighted by Gasteiger charge is -2.33. The molecular weight excluding hydrogens is 274 g/mol. The number of imidazole rings is 1. The molecule has 1 aromatic rings. The molecule has 0 radical (unpaired) electrons. The predicted molar refractivity (Wildman–Crippen MR) is 80.3 cm³/mol. The maximum absolute atomic E-state index is 10.7. The topological polar surface area (TPSA) is 58.4 Å². The Bertz CT molecular complexity index is 453. The highest BCUT2D eigenvalue weighted by Gasteiger charge is 2.23. The Morgan fingerprint density at radius 2 is 2.20 bits per heavy atom. The standard InChI is InChI=1S/C14H23N3O2S/c1-3-6-16-7-4-12(5-8-16)17-11(2)9-15-14(17)20-10-13(18)19/h9,12H,3-8,10H2,1-2H3,(H,18,19). The molecule has 0 aliphatic carbocycles. The zero-order chi connectivity index (χ0) is 14.5. The zero-order valence-corrected chi connectivity index (χ0v) is 13.0. The monoisotopic (exact) mass is 297 g/mol. The van der Waals surface area contributed by atoms with Crippen molar-refractivity contribution in [1.82, 2.24) is 14.5 Å². The summed E-state index contributed by atoms with van der Waals surface area (Å²) in [6.45, 7) is 7.69. The molecule has 0 atom stereocenters. The van der Waals surface area contributed by atoms with Crippen molar-refractivity contribution in [3.8, 4) is 0 Å². The van der Waals surface area contributed by atoms with Gasteiger partial charge in [0.1, 0.15) is 0 Å². The number of aryl methyl sites for hydroxylation is 1. The minimum absolute atomic E-state index is 0.0745. The van der Waals surface area contributed by atoms with E-state index < -0.39 is 5.97 Å². The number of nitrogens with zero attached hydrogens (tertiary/aromatic N) is 3. The maximum atomic E-state index is 10.7. The fourth-order valence-electron chi connectivity index (χ4n) is 2.82. The molecule has 0 unspecified atom stereocenters. The highest BCUT2D eigenvalue weighted by Crippen LogP contribution is 2.29. The van der Waals surface area contributed by atoms with Crippen molar-refractivity contribution in [2.24, 2.45) is 0 Å². The van der Waals surface area contributed by atoms with Gasteiger partial charge in [0.05, 0.1) is 5.75 Å². The van der Waals surface area contributed by atoms with Crippen molar-refractivity contribution in [3.63, 3.8) is 0 Å².